The number of amides is 2. The maximum atomic E-state index is 12.6. The molecular formula is C17H14N4O3. The number of para-hydroxylation sites is 2. The molecule has 24 heavy (non-hydrogen) atoms. The monoisotopic (exact) mass is 322 g/mol. The summed E-state index contributed by atoms with van der Waals surface area (Å²) in [6.07, 6.45) is -1.28. The Morgan fingerprint density at radius 2 is 1.67 bits per heavy atom. The van der Waals surface area contributed by atoms with Crippen LogP contribution in [0.5, 0.6) is 0 Å². The van der Waals surface area contributed by atoms with E-state index in [1.807, 2.05) is 6.07 Å². The van der Waals surface area contributed by atoms with Gasteiger partial charge < -0.3 is 5.11 Å². The number of anilines is 2. The van der Waals surface area contributed by atoms with E-state index in [1.165, 1.54) is 5.01 Å². The molecule has 0 atom stereocenters. The molecule has 1 aliphatic rings. The highest BCUT2D eigenvalue weighted by molar-refractivity contribution is 6.71. The van der Waals surface area contributed by atoms with Crippen molar-refractivity contribution in [1.82, 2.24) is 0 Å². The largest absolute Gasteiger partial charge is 0.463 e. The summed E-state index contributed by atoms with van der Waals surface area (Å²) in [7, 11) is 0. The van der Waals surface area contributed by atoms with Gasteiger partial charge in [0.15, 0.2) is 5.71 Å². The summed E-state index contributed by atoms with van der Waals surface area (Å²) in [5.74, 6) is -0.471. The van der Waals surface area contributed by atoms with E-state index in [9.17, 15) is 14.7 Å². The van der Waals surface area contributed by atoms with Crippen molar-refractivity contribution in [3.8, 4) is 0 Å². The van der Waals surface area contributed by atoms with Gasteiger partial charge in [-0.1, -0.05) is 36.4 Å². The zero-order chi connectivity index (χ0) is 17.1. The van der Waals surface area contributed by atoms with Crippen LogP contribution in [0.3, 0.4) is 0 Å². The van der Waals surface area contributed by atoms with E-state index in [-0.39, 0.29) is 5.71 Å². The number of carboxylic acid groups (broad SMARTS) is 1. The molecule has 0 saturated heterocycles. The van der Waals surface area contributed by atoms with E-state index in [4.69, 9.17) is 0 Å². The van der Waals surface area contributed by atoms with Gasteiger partial charge in [0, 0.05) is 0 Å². The summed E-state index contributed by atoms with van der Waals surface area (Å²) in [5, 5.41) is 19.6. The molecule has 120 valence electrons. The molecule has 1 N–H and O–H groups in total. The normalized spacial score (nSPS) is 15.5. The van der Waals surface area contributed by atoms with Crippen LogP contribution in [0.1, 0.15) is 6.92 Å². The van der Waals surface area contributed by atoms with E-state index in [1.54, 1.807) is 61.5 Å². The van der Waals surface area contributed by atoms with Crippen molar-refractivity contribution >= 4 is 34.8 Å². The van der Waals surface area contributed by atoms with Crippen LogP contribution in [-0.2, 0) is 4.79 Å². The van der Waals surface area contributed by atoms with Crippen LogP contribution in [0.2, 0.25) is 0 Å². The average molecular weight is 322 g/mol. The summed E-state index contributed by atoms with van der Waals surface area (Å²) in [6, 6.07) is 17.2. The summed E-state index contributed by atoms with van der Waals surface area (Å²) < 4.78 is 0. The Kier molecular flexibility index (Phi) is 4.07. The highest BCUT2D eigenvalue weighted by atomic mass is 16.4. The zero-order valence-electron chi connectivity index (χ0n) is 12.8. The number of carbonyl (C=O) groups is 2. The number of hydrogen-bond acceptors (Lipinski definition) is 4. The van der Waals surface area contributed by atoms with Gasteiger partial charge in [-0.05, 0) is 31.2 Å². The van der Waals surface area contributed by atoms with Crippen molar-refractivity contribution < 1.29 is 14.7 Å². The molecular weight excluding hydrogens is 308 g/mol. The second kappa shape index (κ2) is 6.33. The van der Waals surface area contributed by atoms with Gasteiger partial charge in [0.05, 0.1) is 17.1 Å². The Morgan fingerprint density at radius 1 is 1.08 bits per heavy atom. The van der Waals surface area contributed by atoms with Crippen LogP contribution in [0.4, 0.5) is 16.2 Å². The van der Waals surface area contributed by atoms with Crippen LogP contribution in [-0.4, -0.2) is 28.5 Å². The lowest BCUT2D eigenvalue weighted by Gasteiger charge is -2.14. The van der Waals surface area contributed by atoms with E-state index in [2.05, 4.69) is 10.2 Å². The Hall–Kier alpha value is -3.48. The van der Waals surface area contributed by atoms with Gasteiger partial charge in [-0.25, -0.2) is 4.79 Å². The Morgan fingerprint density at radius 3 is 2.25 bits per heavy atom. The third-order valence-corrected chi connectivity index (χ3v) is 3.37. The minimum Gasteiger partial charge on any atom is -0.463 e. The van der Waals surface area contributed by atoms with E-state index in [0.717, 1.165) is 5.01 Å². The van der Waals surface area contributed by atoms with E-state index >= 15 is 0 Å². The zero-order valence-corrected chi connectivity index (χ0v) is 12.8. The number of rotatable bonds is 3. The van der Waals surface area contributed by atoms with E-state index < -0.39 is 12.0 Å². The Bertz CT molecular complexity index is 831. The standard InChI is InChI=1S/C17H14N4O3/c1-12-15(16(22)20(18-12)13-8-4-2-5-9-13)19-21(17(23)24)14-10-6-3-7-11-14/h2-11H,1H3,(H,23,24). The lowest BCUT2D eigenvalue weighted by Crippen LogP contribution is -2.32. The van der Waals surface area contributed by atoms with Gasteiger partial charge >= 0.3 is 12.0 Å². The molecule has 1 aliphatic heterocycles. The topological polar surface area (TPSA) is 85.6 Å². The van der Waals surface area contributed by atoms with Crippen LogP contribution in [0.25, 0.3) is 0 Å². The summed E-state index contributed by atoms with van der Waals surface area (Å²) in [5.41, 5.74) is 1.28. The smallest absolute Gasteiger partial charge is 0.432 e. The molecule has 0 radical (unpaired) electrons. The molecule has 0 fully saturated rings. The fraction of sp³-hybridized carbons (Fsp3) is 0.0588. The van der Waals surface area contributed by atoms with Crippen molar-refractivity contribution in [1.29, 1.82) is 0 Å². The highest BCUT2D eigenvalue weighted by Gasteiger charge is 2.32. The first-order valence-corrected chi connectivity index (χ1v) is 7.19. The fourth-order valence-corrected chi connectivity index (χ4v) is 2.24. The van der Waals surface area contributed by atoms with Gasteiger partial charge in [-0.15, -0.1) is 0 Å². The second-order valence-electron chi connectivity index (χ2n) is 5.02. The minimum atomic E-state index is -1.28. The van der Waals surface area contributed by atoms with Crippen LogP contribution in [0.15, 0.2) is 70.9 Å². The molecule has 1 heterocycles. The average Bonchev–Trinajstić information content (AvgIpc) is 2.88. The molecule has 0 aliphatic carbocycles. The summed E-state index contributed by atoms with van der Waals surface area (Å²) >= 11 is 0. The van der Waals surface area contributed by atoms with Crippen molar-refractivity contribution in [2.75, 3.05) is 10.0 Å². The number of nitrogens with zero attached hydrogens (tertiary/aromatic N) is 4. The van der Waals surface area contributed by atoms with Crippen molar-refractivity contribution in [2.45, 2.75) is 6.92 Å². The Balaban J connectivity index is 1.97. The molecule has 0 spiro atoms. The first-order valence-electron chi connectivity index (χ1n) is 7.19. The van der Waals surface area contributed by atoms with Crippen molar-refractivity contribution in [3.63, 3.8) is 0 Å². The SMILES string of the molecule is CC1=NN(c2ccccc2)C(=O)C1=NN(C(=O)O)c1ccccc1. The maximum Gasteiger partial charge on any atom is 0.432 e. The van der Waals surface area contributed by atoms with Gasteiger partial charge in [0.2, 0.25) is 0 Å². The number of carbonyl (C=O) groups excluding carboxylic acids is 1. The predicted molar refractivity (Wildman–Crippen MR) is 91.4 cm³/mol. The first kappa shape index (κ1) is 15.4. The van der Waals surface area contributed by atoms with Crippen LogP contribution >= 0.6 is 0 Å². The predicted octanol–water partition coefficient (Wildman–Crippen LogP) is 2.95. The van der Waals surface area contributed by atoms with Crippen molar-refractivity contribution in [3.05, 3.63) is 60.7 Å². The van der Waals surface area contributed by atoms with Gasteiger partial charge in [-0.3, -0.25) is 4.79 Å². The molecule has 2 aromatic carbocycles. The van der Waals surface area contributed by atoms with Gasteiger partial charge in [0.25, 0.3) is 0 Å². The molecule has 7 nitrogen and oxygen atoms in total. The lowest BCUT2D eigenvalue weighted by atomic mass is 10.2. The third-order valence-electron chi connectivity index (χ3n) is 3.37. The molecule has 0 aromatic heterocycles. The number of benzene rings is 2. The third kappa shape index (κ3) is 2.87. The molecule has 0 unspecified atom stereocenters. The molecule has 3 rings (SSSR count). The van der Waals surface area contributed by atoms with Crippen molar-refractivity contribution in [2.24, 2.45) is 10.2 Å². The molecule has 2 aromatic rings. The fourth-order valence-electron chi connectivity index (χ4n) is 2.24. The first-order chi connectivity index (χ1) is 11.6. The van der Waals surface area contributed by atoms with Gasteiger partial charge in [-0.2, -0.15) is 20.2 Å². The maximum absolute atomic E-state index is 12.6. The molecule has 0 saturated carbocycles. The lowest BCUT2D eigenvalue weighted by molar-refractivity contribution is -0.112. The molecule has 2 amide bonds. The molecule has 0 bridgehead atoms. The quantitative estimate of drug-likeness (QED) is 0.882. The second-order valence-corrected chi connectivity index (χ2v) is 5.02. The summed E-state index contributed by atoms with van der Waals surface area (Å²) in [4.78, 5) is 24.1. The number of hydrazone groups is 2. The number of hydrogen-bond donors (Lipinski definition) is 1. The summed E-state index contributed by atoms with van der Waals surface area (Å²) in [6.45, 7) is 1.62. The van der Waals surface area contributed by atoms with Crippen LogP contribution in [0, 0.1) is 0 Å². The minimum absolute atomic E-state index is 0.00916. The molecule has 7 heteroatoms. The van der Waals surface area contributed by atoms with Crippen LogP contribution < -0.4 is 10.0 Å². The Labute approximate surface area is 138 Å². The van der Waals surface area contributed by atoms with Gasteiger partial charge in [0.1, 0.15) is 0 Å². The van der Waals surface area contributed by atoms with E-state index in [0.29, 0.717) is 17.1 Å². The highest BCUT2D eigenvalue weighted by Crippen LogP contribution is 2.20.